The summed E-state index contributed by atoms with van der Waals surface area (Å²) in [7, 11) is 1.86. The molecule has 0 aliphatic rings. The van der Waals surface area contributed by atoms with Crippen molar-refractivity contribution in [2.45, 2.75) is 60.3 Å². The molecule has 1 amide bonds. The number of ketones is 1. The molecule has 0 atom stereocenters. The van der Waals surface area contributed by atoms with Gasteiger partial charge in [0.15, 0.2) is 11.5 Å². The van der Waals surface area contributed by atoms with Crippen molar-refractivity contribution in [1.29, 1.82) is 0 Å². The Morgan fingerprint density at radius 3 is 2.08 bits per heavy atom. The molecule has 204 valence electrons. The van der Waals surface area contributed by atoms with E-state index in [1.165, 1.54) is 12.5 Å². The van der Waals surface area contributed by atoms with Crippen LogP contribution in [0.3, 0.4) is 0 Å². The predicted octanol–water partition coefficient (Wildman–Crippen LogP) is 8.07. The minimum atomic E-state index is -0.271. The lowest BCUT2D eigenvalue weighted by molar-refractivity contribution is -0.115. The summed E-state index contributed by atoms with van der Waals surface area (Å²) in [6.07, 6.45) is -0.00162. The molecule has 0 spiro atoms. The monoisotopic (exact) mass is 525 g/mol. The van der Waals surface area contributed by atoms with E-state index in [-0.39, 0.29) is 23.5 Å². The molecule has 2 N–H and O–H groups in total. The summed E-state index contributed by atoms with van der Waals surface area (Å²) < 4.78 is 6.26. The number of carbonyl (C=O) groups is 2. The summed E-state index contributed by atoms with van der Waals surface area (Å²) in [4.78, 5) is 30.0. The molecule has 0 radical (unpaired) electrons. The molecule has 1 aromatic heterocycles. The van der Waals surface area contributed by atoms with Crippen LogP contribution in [0.15, 0.2) is 71.1 Å². The highest BCUT2D eigenvalue weighted by Crippen LogP contribution is 2.33. The quantitative estimate of drug-likeness (QED) is 0.238. The van der Waals surface area contributed by atoms with Crippen LogP contribution < -0.4 is 10.6 Å². The fourth-order valence-electron chi connectivity index (χ4n) is 4.18. The topological polar surface area (TPSA) is 84.2 Å². The number of nitrogens with one attached hydrogen (secondary N) is 2. The molecule has 0 aliphatic heterocycles. The van der Waals surface area contributed by atoms with Crippen LogP contribution in [0.2, 0.25) is 0 Å². The molecular formula is C33H39N3O3. The Kier molecular flexibility index (Phi) is 9.47. The van der Waals surface area contributed by atoms with Gasteiger partial charge in [0, 0.05) is 29.4 Å². The summed E-state index contributed by atoms with van der Waals surface area (Å²) in [5.41, 5.74) is 6.25. The van der Waals surface area contributed by atoms with Gasteiger partial charge in [0.2, 0.25) is 11.8 Å². The Morgan fingerprint density at radius 1 is 0.897 bits per heavy atom. The second-order valence-corrected chi connectivity index (χ2v) is 10.2. The number of amides is 1. The van der Waals surface area contributed by atoms with E-state index in [2.05, 4.69) is 43.5 Å². The molecule has 3 aromatic carbocycles. The fraction of sp³-hybridized carbons (Fsp3) is 0.303. The molecule has 4 aromatic rings. The smallest absolute Gasteiger partial charge is 0.230 e. The van der Waals surface area contributed by atoms with Crippen molar-refractivity contribution < 1.29 is 14.0 Å². The lowest BCUT2D eigenvalue weighted by Gasteiger charge is -2.18. The van der Waals surface area contributed by atoms with E-state index in [1.807, 2.05) is 76.3 Å². The average Bonchev–Trinajstić information content (AvgIpc) is 3.34. The largest absolute Gasteiger partial charge is 0.436 e. The number of para-hydroxylation sites is 1. The van der Waals surface area contributed by atoms with Gasteiger partial charge in [-0.3, -0.25) is 9.59 Å². The zero-order valence-corrected chi connectivity index (χ0v) is 24.2. The van der Waals surface area contributed by atoms with Crippen LogP contribution in [0.4, 0.5) is 11.4 Å². The van der Waals surface area contributed by atoms with Gasteiger partial charge >= 0.3 is 0 Å². The van der Waals surface area contributed by atoms with Gasteiger partial charge in [-0.1, -0.05) is 58.9 Å². The zero-order valence-electron chi connectivity index (χ0n) is 24.2. The number of aromatic nitrogens is 1. The van der Waals surface area contributed by atoms with E-state index >= 15 is 0 Å². The van der Waals surface area contributed by atoms with E-state index in [0.29, 0.717) is 28.6 Å². The second-order valence-electron chi connectivity index (χ2n) is 10.2. The van der Waals surface area contributed by atoms with Gasteiger partial charge in [0.05, 0.1) is 17.8 Å². The van der Waals surface area contributed by atoms with E-state index in [1.54, 1.807) is 6.07 Å². The van der Waals surface area contributed by atoms with E-state index in [9.17, 15) is 9.59 Å². The molecule has 6 nitrogen and oxygen atoms in total. The first kappa shape index (κ1) is 29.4. The highest BCUT2D eigenvalue weighted by atomic mass is 16.4. The first-order valence-electron chi connectivity index (χ1n) is 13.4. The maximum absolute atomic E-state index is 13.2. The molecule has 0 aliphatic carbocycles. The first-order chi connectivity index (χ1) is 18.6. The van der Waals surface area contributed by atoms with Gasteiger partial charge in [0.25, 0.3) is 0 Å². The standard InChI is InChI=1S/C31H33N3O3.C2H6/c1-19-8-7-9-25(20(2)35)28(19)34-27(36)18-26-29(21-12-16-24(32-6)17-13-21)37-30(33-26)22-10-14-23(15-11-22)31(3,4)5;1-2/h7-17,32H,18H2,1-6H3,(H,34,36);1-2H3. The number of nitrogens with zero attached hydrogens (tertiary/aromatic N) is 1. The number of benzene rings is 3. The molecule has 1 heterocycles. The number of hydrogen-bond donors (Lipinski definition) is 2. The van der Waals surface area contributed by atoms with Crippen LogP contribution in [-0.2, 0) is 16.6 Å². The van der Waals surface area contributed by atoms with Crippen molar-refractivity contribution in [3.8, 4) is 22.8 Å². The highest BCUT2D eigenvalue weighted by Gasteiger charge is 2.21. The Labute approximate surface area is 231 Å². The van der Waals surface area contributed by atoms with Crippen molar-refractivity contribution in [2.75, 3.05) is 17.7 Å². The maximum Gasteiger partial charge on any atom is 0.230 e. The molecule has 0 saturated carbocycles. The fourth-order valence-corrected chi connectivity index (χ4v) is 4.18. The number of anilines is 2. The van der Waals surface area contributed by atoms with Gasteiger partial charge in [-0.15, -0.1) is 0 Å². The Bertz CT molecular complexity index is 1430. The molecule has 6 heteroatoms. The molecular weight excluding hydrogens is 486 g/mol. The third-order valence-electron chi connectivity index (χ3n) is 6.38. The van der Waals surface area contributed by atoms with Crippen LogP contribution in [-0.4, -0.2) is 23.7 Å². The van der Waals surface area contributed by atoms with Gasteiger partial charge in [-0.05, 0) is 72.9 Å². The number of carbonyl (C=O) groups excluding carboxylic acids is 2. The third-order valence-corrected chi connectivity index (χ3v) is 6.38. The number of rotatable bonds is 7. The highest BCUT2D eigenvalue weighted by molar-refractivity contribution is 6.05. The molecule has 0 fully saturated rings. The Morgan fingerprint density at radius 2 is 1.51 bits per heavy atom. The van der Waals surface area contributed by atoms with Gasteiger partial charge in [-0.2, -0.15) is 0 Å². The van der Waals surface area contributed by atoms with E-state index in [0.717, 1.165) is 22.4 Å². The minimum absolute atomic E-state index is 0.00162. The van der Waals surface area contributed by atoms with Crippen LogP contribution in [0, 0.1) is 6.92 Å². The number of hydrogen-bond acceptors (Lipinski definition) is 5. The lowest BCUT2D eigenvalue weighted by atomic mass is 9.87. The van der Waals surface area contributed by atoms with Crippen LogP contribution >= 0.6 is 0 Å². The lowest BCUT2D eigenvalue weighted by Crippen LogP contribution is -2.18. The SMILES string of the molecule is CC.CNc1ccc(-c2oc(-c3ccc(C(C)(C)C)cc3)nc2CC(=O)Nc2c(C)cccc2C(C)=O)cc1. The van der Waals surface area contributed by atoms with E-state index in [4.69, 9.17) is 9.40 Å². The summed E-state index contributed by atoms with van der Waals surface area (Å²) in [5, 5.41) is 6.04. The molecule has 39 heavy (non-hydrogen) atoms. The number of aryl methyl sites for hydroxylation is 1. The molecule has 0 saturated heterocycles. The van der Waals surface area contributed by atoms with Gasteiger partial charge in [-0.25, -0.2) is 4.98 Å². The number of oxazole rings is 1. The maximum atomic E-state index is 13.2. The summed E-state index contributed by atoms with van der Waals surface area (Å²) in [6.45, 7) is 13.9. The van der Waals surface area contributed by atoms with Crippen molar-refractivity contribution in [3.05, 3.63) is 89.1 Å². The second kappa shape index (κ2) is 12.6. The van der Waals surface area contributed by atoms with Crippen molar-refractivity contribution in [2.24, 2.45) is 0 Å². The van der Waals surface area contributed by atoms with Crippen molar-refractivity contribution in [1.82, 2.24) is 4.98 Å². The molecule has 4 rings (SSSR count). The van der Waals surface area contributed by atoms with Gasteiger partial charge < -0.3 is 15.1 Å². The van der Waals surface area contributed by atoms with E-state index < -0.39 is 0 Å². The average molecular weight is 526 g/mol. The Balaban J connectivity index is 0.00000205. The molecule has 0 bridgehead atoms. The Hall–Kier alpha value is -4.19. The van der Waals surface area contributed by atoms with Gasteiger partial charge in [0.1, 0.15) is 0 Å². The number of Topliss-reactive ketones (excluding diaryl/α,β-unsaturated/α-hetero) is 1. The molecule has 0 unspecified atom stereocenters. The summed E-state index contributed by atoms with van der Waals surface area (Å²) >= 11 is 0. The van der Waals surface area contributed by atoms with Crippen LogP contribution in [0.1, 0.15) is 68.7 Å². The third kappa shape index (κ3) is 7.02. The summed E-state index contributed by atoms with van der Waals surface area (Å²) in [6, 6.07) is 21.3. The van der Waals surface area contributed by atoms with Crippen LogP contribution in [0.5, 0.6) is 0 Å². The zero-order chi connectivity index (χ0) is 28.7. The van der Waals surface area contributed by atoms with Crippen LogP contribution in [0.25, 0.3) is 22.8 Å². The normalized spacial score (nSPS) is 10.9. The van der Waals surface area contributed by atoms with Crippen molar-refractivity contribution in [3.63, 3.8) is 0 Å². The predicted molar refractivity (Wildman–Crippen MR) is 160 cm³/mol. The summed E-state index contributed by atoms with van der Waals surface area (Å²) in [5.74, 6) is 0.625. The van der Waals surface area contributed by atoms with Crippen molar-refractivity contribution >= 4 is 23.1 Å². The first-order valence-corrected chi connectivity index (χ1v) is 13.4. The minimum Gasteiger partial charge on any atom is -0.436 e.